The highest BCUT2D eigenvalue weighted by molar-refractivity contribution is 8.00. The first-order valence-corrected chi connectivity index (χ1v) is 6.76. The van der Waals surface area contributed by atoms with Crippen molar-refractivity contribution < 1.29 is 14.7 Å². The van der Waals surface area contributed by atoms with Crippen LogP contribution < -0.4 is 5.73 Å². The Hall–Kier alpha value is -1.77. The predicted octanol–water partition coefficient (Wildman–Crippen LogP) is -0.213. The van der Waals surface area contributed by atoms with Crippen LogP contribution in [0.15, 0.2) is 0 Å². The molecule has 0 aliphatic rings. The van der Waals surface area contributed by atoms with E-state index >= 15 is 0 Å². The number of hydrogen-bond donors (Lipinski definition) is 2. The molecule has 0 aromatic heterocycles. The van der Waals surface area contributed by atoms with E-state index in [1.165, 1.54) is 4.90 Å². The SMILES string of the molecule is N#CCCN(CCC#N)C(=O)CSCC(N)C(=O)O. The molecule has 0 heterocycles. The molecule has 7 nitrogen and oxygen atoms in total. The number of carbonyl (C=O) groups excluding carboxylic acids is 1. The second-order valence-corrected chi connectivity index (χ2v) is 4.69. The lowest BCUT2D eigenvalue weighted by Gasteiger charge is -2.20. The van der Waals surface area contributed by atoms with Crippen molar-refractivity contribution in [3.8, 4) is 12.1 Å². The van der Waals surface area contributed by atoms with Crippen LogP contribution in [0.1, 0.15) is 12.8 Å². The molecule has 0 rings (SSSR count). The molecule has 0 saturated carbocycles. The minimum absolute atomic E-state index is 0.0951. The molecule has 8 heteroatoms. The molecule has 0 fully saturated rings. The van der Waals surface area contributed by atoms with Crippen LogP contribution in [0.2, 0.25) is 0 Å². The van der Waals surface area contributed by atoms with E-state index < -0.39 is 12.0 Å². The summed E-state index contributed by atoms with van der Waals surface area (Å²) in [7, 11) is 0. The van der Waals surface area contributed by atoms with E-state index in [9.17, 15) is 9.59 Å². The molecule has 3 N–H and O–H groups in total. The van der Waals surface area contributed by atoms with Gasteiger partial charge < -0.3 is 15.7 Å². The molecule has 0 radical (unpaired) electrons. The smallest absolute Gasteiger partial charge is 0.321 e. The first-order valence-electron chi connectivity index (χ1n) is 5.60. The summed E-state index contributed by atoms with van der Waals surface area (Å²) in [6, 6.07) is 2.88. The number of carboxylic acid groups (broad SMARTS) is 1. The van der Waals surface area contributed by atoms with Crippen LogP contribution in [0.25, 0.3) is 0 Å². The summed E-state index contributed by atoms with van der Waals surface area (Å²) in [5.74, 6) is -1.08. The van der Waals surface area contributed by atoms with Gasteiger partial charge in [0.1, 0.15) is 6.04 Å². The van der Waals surface area contributed by atoms with Crippen LogP contribution in [-0.2, 0) is 9.59 Å². The van der Waals surface area contributed by atoms with Crippen LogP contribution >= 0.6 is 11.8 Å². The lowest BCUT2D eigenvalue weighted by Crippen LogP contribution is -2.36. The van der Waals surface area contributed by atoms with Crippen LogP contribution in [-0.4, -0.2) is 52.5 Å². The molecule has 0 aromatic carbocycles. The third kappa shape index (κ3) is 8.03. The van der Waals surface area contributed by atoms with Crippen molar-refractivity contribution in [2.24, 2.45) is 5.73 Å². The van der Waals surface area contributed by atoms with Gasteiger partial charge in [0.2, 0.25) is 5.91 Å². The molecule has 0 aliphatic heterocycles. The van der Waals surface area contributed by atoms with Gasteiger partial charge in [-0.1, -0.05) is 0 Å². The molecule has 0 aliphatic carbocycles. The number of aliphatic carboxylic acids is 1. The lowest BCUT2D eigenvalue weighted by atomic mass is 10.3. The Kier molecular flexibility index (Phi) is 9.23. The van der Waals surface area contributed by atoms with E-state index in [1.807, 2.05) is 12.1 Å². The Balaban J connectivity index is 4.13. The summed E-state index contributed by atoms with van der Waals surface area (Å²) in [4.78, 5) is 23.7. The van der Waals surface area contributed by atoms with Crippen LogP contribution in [0.5, 0.6) is 0 Å². The Morgan fingerprint density at radius 1 is 1.26 bits per heavy atom. The highest BCUT2D eigenvalue weighted by Gasteiger charge is 2.15. The zero-order valence-corrected chi connectivity index (χ0v) is 11.2. The second-order valence-electron chi connectivity index (χ2n) is 3.66. The maximum absolute atomic E-state index is 11.8. The summed E-state index contributed by atoms with van der Waals surface area (Å²) >= 11 is 1.13. The normalized spacial score (nSPS) is 11.1. The van der Waals surface area contributed by atoms with Crippen molar-refractivity contribution in [3.63, 3.8) is 0 Å². The standard InChI is InChI=1S/C11H16N4O3S/c12-3-1-5-15(6-2-4-13)10(16)8-19-7-9(14)11(17)18/h9H,1-2,5-8,14H2,(H,17,18). The van der Waals surface area contributed by atoms with Crippen LogP contribution in [0.3, 0.4) is 0 Å². The third-order valence-corrected chi connectivity index (χ3v) is 3.23. The van der Waals surface area contributed by atoms with E-state index in [2.05, 4.69) is 0 Å². The van der Waals surface area contributed by atoms with Crippen molar-refractivity contribution in [1.82, 2.24) is 4.90 Å². The first-order chi connectivity index (χ1) is 9.02. The van der Waals surface area contributed by atoms with Crippen molar-refractivity contribution in [2.45, 2.75) is 18.9 Å². The van der Waals surface area contributed by atoms with Gasteiger partial charge >= 0.3 is 5.97 Å². The quantitative estimate of drug-likeness (QED) is 0.598. The highest BCUT2D eigenvalue weighted by atomic mass is 32.2. The van der Waals surface area contributed by atoms with Gasteiger partial charge in [-0.2, -0.15) is 10.5 Å². The number of nitrogens with zero attached hydrogens (tertiary/aromatic N) is 3. The topological polar surface area (TPSA) is 131 Å². The van der Waals surface area contributed by atoms with Crippen molar-refractivity contribution in [1.29, 1.82) is 10.5 Å². The Bertz CT molecular complexity index is 370. The second kappa shape index (κ2) is 10.2. The molecule has 0 saturated heterocycles. The first kappa shape index (κ1) is 17.2. The Labute approximate surface area is 116 Å². The van der Waals surface area contributed by atoms with Crippen LogP contribution in [0, 0.1) is 22.7 Å². The molecule has 0 spiro atoms. The maximum Gasteiger partial charge on any atom is 0.321 e. The number of amides is 1. The molecular formula is C11H16N4O3S. The number of rotatable bonds is 9. The minimum Gasteiger partial charge on any atom is -0.480 e. The number of thioether (sulfide) groups is 1. The van der Waals surface area contributed by atoms with Crippen molar-refractivity contribution >= 4 is 23.6 Å². The number of nitrogens with two attached hydrogens (primary N) is 1. The summed E-state index contributed by atoms with van der Waals surface area (Å²) in [6.45, 7) is 0.561. The highest BCUT2D eigenvalue weighted by Crippen LogP contribution is 2.06. The zero-order chi connectivity index (χ0) is 14.7. The molecule has 0 aromatic rings. The van der Waals surface area contributed by atoms with Gasteiger partial charge in [-0.25, -0.2) is 0 Å². The van der Waals surface area contributed by atoms with Gasteiger partial charge in [0.15, 0.2) is 0 Å². The molecule has 0 bridgehead atoms. The number of hydrogen-bond acceptors (Lipinski definition) is 6. The van der Waals surface area contributed by atoms with E-state index in [1.54, 1.807) is 0 Å². The lowest BCUT2D eigenvalue weighted by molar-refractivity contribution is -0.138. The van der Waals surface area contributed by atoms with Crippen molar-refractivity contribution in [3.05, 3.63) is 0 Å². The van der Waals surface area contributed by atoms with Gasteiger partial charge in [0, 0.05) is 18.8 Å². The van der Waals surface area contributed by atoms with E-state index in [4.69, 9.17) is 21.4 Å². The van der Waals surface area contributed by atoms with Gasteiger partial charge in [-0.15, -0.1) is 11.8 Å². The fourth-order valence-electron chi connectivity index (χ4n) is 1.17. The maximum atomic E-state index is 11.8. The predicted molar refractivity (Wildman–Crippen MR) is 70.0 cm³/mol. The summed E-state index contributed by atoms with van der Waals surface area (Å²) in [5, 5.41) is 25.6. The molecule has 104 valence electrons. The van der Waals surface area contributed by atoms with Crippen molar-refractivity contribution in [2.75, 3.05) is 24.6 Å². The molecule has 1 atom stereocenters. The molecule has 1 unspecified atom stereocenters. The molecule has 19 heavy (non-hydrogen) atoms. The number of nitriles is 2. The Morgan fingerprint density at radius 2 is 1.79 bits per heavy atom. The van der Waals surface area contributed by atoms with Gasteiger partial charge in [-0.3, -0.25) is 9.59 Å². The minimum atomic E-state index is -1.11. The monoisotopic (exact) mass is 284 g/mol. The number of carbonyl (C=O) groups is 2. The fraction of sp³-hybridized carbons (Fsp3) is 0.636. The van der Waals surface area contributed by atoms with E-state index in [0.29, 0.717) is 0 Å². The fourth-order valence-corrected chi connectivity index (χ4v) is 2.04. The average Bonchev–Trinajstić information content (AvgIpc) is 2.38. The van der Waals surface area contributed by atoms with E-state index in [-0.39, 0.29) is 43.3 Å². The van der Waals surface area contributed by atoms with Gasteiger partial charge in [0.25, 0.3) is 0 Å². The van der Waals surface area contributed by atoms with Gasteiger partial charge in [0.05, 0.1) is 30.7 Å². The van der Waals surface area contributed by atoms with E-state index in [0.717, 1.165) is 11.8 Å². The van der Waals surface area contributed by atoms with Gasteiger partial charge in [-0.05, 0) is 0 Å². The zero-order valence-electron chi connectivity index (χ0n) is 10.4. The Morgan fingerprint density at radius 3 is 2.21 bits per heavy atom. The summed E-state index contributed by atoms with van der Waals surface area (Å²) in [6.07, 6.45) is 0.410. The largest absolute Gasteiger partial charge is 0.480 e. The molecular weight excluding hydrogens is 268 g/mol. The third-order valence-electron chi connectivity index (χ3n) is 2.18. The molecule has 1 amide bonds. The van der Waals surface area contributed by atoms with Crippen LogP contribution in [0.4, 0.5) is 0 Å². The average molecular weight is 284 g/mol. The summed E-state index contributed by atoms with van der Waals surface area (Å²) < 4.78 is 0. The summed E-state index contributed by atoms with van der Waals surface area (Å²) in [5.41, 5.74) is 5.31. The number of carboxylic acids is 1.